The van der Waals surface area contributed by atoms with Crippen molar-refractivity contribution in [2.24, 2.45) is 0 Å². The van der Waals surface area contributed by atoms with Gasteiger partial charge in [0.1, 0.15) is 23.3 Å². The monoisotopic (exact) mass is 452 g/mol. The van der Waals surface area contributed by atoms with Crippen molar-refractivity contribution in [3.63, 3.8) is 0 Å². The summed E-state index contributed by atoms with van der Waals surface area (Å²) in [6, 6.07) is 12.6. The Morgan fingerprint density at radius 2 is 1.94 bits per heavy atom. The van der Waals surface area contributed by atoms with E-state index < -0.39 is 6.10 Å². The van der Waals surface area contributed by atoms with Crippen LogP contribution < -0.4 is 11.1 Å². The van der Waals surface area contributed by atoms with Crippen molar-refractivity contribution in [1.82, 2.24) is 19.5 Å². The first-order valence-electron chi connectivity index (χ1n) is 11.2. The van der Waals surface area contributed by atoms with Gasteiger partial charge >= 0.3 is 0 Å². The number of aliphatic hydroxyl groups excluding tert-OH is 1. The number of nitrogens with one attached hydrogen (secondary N) is 1. The number of aryl methyl sites for hydroxylation is 2. The van der Waals surface area contributed by atoms with Crippen molar-refractivity contribution in [2.75, 3.05) is 11.1 Å². The Morgan fingerprint density at radius 1 is 1.12 bits per heavy atom. The van der Waals surface area contributed by atoms with Crippen molar-refractivity contribution in [3.05, 3.63) is 72.2 Å². The summed E-state index contributed by atoms with van der Waals surface area (Å²) >= 11 is 0. The van der Waals surface area contributed by atoms with Crippen LogP contribution >= 0.6 is 0 Å². The number of aromatic nitrogens is 4. The van der Waals surface area contributed by atoms with Crippen LogP contribution in [0.4, 0.5) is 17.5 Å². The van der Waals surface area contributed by atoms with Crippen molar-refractivity contribution in [1.29, 1.82) is 0 Å². The van der Waals surface area contributed by atoms with Crippen LogP contribution in [0.15, 0.2) is 65.5 Å². The lowest BCUT2D eigenvalue weighted by Crippen LogP contribution is -2.08. The zero-order valence-electron chi connectivity index (χ0n) is 18.9. The summed E-state index contributed by atoms with van der Waals surface area (Å²) in [4.78, 5) is 13.3. The molecule has 3 heterocycles. The van der Waals surface area contributed by atoms with Gasteiger partial charge in [-0.15, -0.1) is 0 Å². The van der Waals surface area contributed by atoms with Crippen LogP contribution in [-0.2, 0) is 0 Å². The van der Waals surface area contributed by atoms with Gasteiger partial charge in [-0.05, 0) is 48.7 Å². The van der Waals surface area contributed by atoms with E-state index in [0.29, 0.717) is 18.3 Å². The third kappa shape index (κ3) is 3.39. The molecule has 2 atom stereocenters. The van der Waals surface area contributed by atoms with E-state index in [9.17, 15) is 5.11 Å². The molecular weight excluding hydrogens is 428 g/mol. The predicted molar refractivity (Wildman–Crippen MR) is 133 cm³/mol. The van der Waals surface area contributed by atoms with Gasteiger partial charge in [0.05, 0.1) is 17.5 Å². The number of anilines is 3. The fraction of sp³-hybridized carbons (Fsp3) is 0.192. The number of oxazole rings is 1. The van der Waals surface area contributed by atoms with Crippen molar-refractivity contribution in [3.8, 4) is 11.1 Å². The number of benzene rings is 2. The van der Waals surface area contributed by atoms with Crippen LogP contribution in [0.1, 0.15) is 23.6 Å². The molecule has 0 saturated heterocycles. The Balaban J connectivity index is 1.34. The number of hydrogen-bond acceptors (Lipinski definition) is 7. The van der Waals surface area contributed by atoms with Crippen molar-refractivity contribution in [2.45, 2.75) is 32.4 Å². The Kier molecular flexibility index (Phi) is 4.63. The van der Waals surface area contributed by atoms with E-state index in [1.807, 2.05) is 62.5 Å². The molecule has 0 aliphatic heterocycles. The zero-order valence-corrected chi connectivity index (χ0v) is 18.9. The maximum Gasteiger partial charge on any atom is 0.300 e. The van der Waals surface area contributed by atoms with E-state index in [2.05, 4.69) is 30.9 Å². The van der Waals surface area contributed by atoms with Crippen LogP contribution in [0.2, 0.25) is 0 Å². The first-order chi connectivity index (χ1) is 16.5. The summed E-state index contributed by atoms with van der Waals surface area (Å²) in [5.74, 6) is 0.431. The molecule has 6 rings (SSSR count). The fourth-order valence-electron chi connectivity index (χ4n) is 4.73. The van der Waals surface area contributed by atoms with Gasteiger partial charge in [0.25, 0.3) is 6.01 Å². The summed E-state index contributed by atoms with van der Waals surface area (Å²) in [7, 11) is 0. The molecule has 0 saturated carbocycles. The summed E-state index contributed by atoms with van der Waals surface area (Å²) < 4.78 is 7.99. The highest BCUT2D eigenvalue weighted by atomic mass is 16.4. The summed E-state index contributed by atoms with van der Waals surface area (Å²) in [6.45, 7) is 4.07. The van der Waals surface area contributed by atoms with Gasteiger partial charge in [-0.3, -0.25) is 0 Å². The standard InChI is InChI=1S/C26H24N6O2/c1-14-9-15(2)23-21(10-14)31-26(34-23)30-17-5-3-16(4-6-17)20-12-32(18-7-8-19(33)11-18)25-22(20)24(27)28-13-29-25/h3-10,12-13,18-19,33H,11H2,1-2H3,(H,30,31)(H2,27,28,29)/t18?,19-/m0/s1. The summed E-state index contributed by atoms with van der Waals surface area (Å²) in [6.07, 6.45) is 7.49. The third-order valence-electron chi connectivity index (χ3n) is 6.30. The molecule has 2 aromatic carbocycles. The molecular formula is C26H24N6O2. The molecule has 0 amide bonds. The second-order valence-corrected chi connectivity index (χ2v) is 8.81. The van der Waals surface area contributed by atoms with Crippen LogP contribution in [0.3, 0.4) is 0 Å². The van der Waals surface area contributed by atoms with Gasteiger partial charge < -0.3 is 25.1 Å². The third-order valence-corrected chi connectivity index (χ3v) is 6.30. The molecule has 0 radical (unpaired) electrons. The minimum atomic E-state index is -0.449. The van der Waals surface area contributed by atoms with Gasteiger partial charge in [-0.1, -0.05) is 30.4 Å². The molecule has 4 N–H and O–H groups in total. The summed E-state index contributed by atoms with van der Waals surface area (Å²) in [5, 5.41) is 14.0. The van der Waals surface area contributed by atoms with E-state index in [1.165, 1.54) is 6.33 Å². The smallest absolute Gasteiger partial charge is 0.300 e. The molecule has 3 aromatic heterocycles. The Bertz CT molecular complexity index is 1560. The second kappa shape index (κ2) is 7.71. The number of fused-ring (bicyclic) bond motifs is 2. The first kappa shape index (κ1) is 20.4. The lowest BCUT2D eigenvalue weighted by Gasteiger charge is -2.12. The van der Waals surface area contributed by atoms with Crippen LogP contribution in [0.25, 0.3) is 33.3 Å². The maximum absolute atomic E-state index is 9.96. The van der Waals surface area contributed by atoms with Crippen LogP contribution in [0, 0.1) is 13.8 Å². The van der Waals surface area contributed by atoms with Gasteiger partial charge in [-0.25, -0.2) is 9.97 Å². The van der Waals surface area contributed by atoms with E-state index in [1.54, 1.807) is 0 Å². The summed E-state index contributed by atoms with van der Waals surface area (Å²) in [5.41, 5.74) is 13.7. The highest BCUT2D eigenvalue weighted by Crippen LogP contribution is 2.37. The number of rotatable bonds is 4. The first-order valence-corrected chi connectivity index (χ1v) is 11.2. The van der Waals surface area contributed by atoms with E-state index in [-0.39, 0.29) is 6.04 Å². The second-order valence-electron chi connectivity index (χ2n) is 8.81. The van der Waals surface area contributed by atoms with E-state index >= 15 is 0 Å². The number of allylic oxidation sites excluding steroid dienone is 1. The van der Waals surface area contributed by atoms with Crippen LogP contribution in [0.5, 0.6) is 0 Å². The van der Waals surface area contributed by atoms with E-state index in [0.717, 1.165) is 50.1 Å². The van der Waals surface area contributed by atoms with Crippen LogP contribution in [-0.4, -0.2) is 30.7 Å². The molecule has 1 aliphatic carbocycles. The van der Waals surface area contributed by atoms with E-state index in [4.69, 9.17) is 10.2 Å². The maximum atomic E-state index is 9.96. The highest BCUT2D eigenvalue weighted by Gasteiger charge is 2.23. The molecule has 170 valence electrons. The molecule has 34 heavy (non-hydrogen) atoms. The number of nitrogens with zero attached hydrogens (tertiary/aromatic N) is 4. The SMILES string of the molecule is Cc1cc(C)c2oc(Nc3ccc(-c4cn(C5C=C[C@H](O)C5)c5ncnc(N)c45)cc3)nc2c1. The average molecular weight is 453 g/mol. The largest absolute Gasteiger partial charge is 0.423 e. The molecule has 0 spiro atoms. The highest BCUT2D eigenvalue weighted by molar-refractivity contribution is 6.00. The molecule has 1 aliphatic rings. The zero-order chi connectivity index (χ0) is 23.4. The number of nitrogen functional groups attached to an aromatic ring is 1. The average Bonchev–Trinajstić information content (AvgIpc) is 3.51. The normalized spacial score (nSPS) is 17.7. The molecule has 1 unspecified atom stereocenters. The molecule has 5 aromatic rings. The number of hydrogen-bond donors (Lipinski definition) is 3. The quantitative estimate of drug-likeness (QED) is 0.327. The van der Waals surface area contributed by atoms with Gasteiger partial charge in [-0.2, -0.15) is 4.98 Å². The fourth-order valence-corrected chi connectivity index (χ4v) is 4.73. The van der Waals surface area contributed by atoms with Crippen molar-refractivity contribution >= 4 is 39.7 Å². The molecule has 0 fully saturated rings. The van der Waals surface area contributed by atoms with Crippen molar-refractivity contribution < 1.29 is 9.52 Å². The lowest BCUT2D eigenvalue weighted by atomic mass is 10.1. The molecule has 8 heteroatoms. The Labute approximate surface area is 195 Å². The minimum absolute atomic E-state index is 0.0211. The lowest BCUT2D eigenvalue weighted by molar-refractivity contribution is 0.211. The molecule has 8 nitrogen and oxygen atoms in total. The Hall–Kier alpha value is -4.17. The van der Waals surface area contributed by atoms with Gasteiger partial charge in [0, 0.05) is 23.9 Å². The minimum Gasteiger partial charge on any atom is -0.423 e. The topological polar surface area (TPSA) is 115 Å². The number of aliphatic hydroxyl groups is 1. The van der Waals surface area contributed by atoms with Gasteiger partial charge in [0.2, 0.25) is 0 Å². The Morgan fingerprint density at radius 3 is 2.71 bits per heavy atom. The van der Waals surface area contributed by atoms with Gasteiger partial charge in [0.15, 0.2) is 5.58 Å². The molecule has 0 bridgehead atoms. The number of nitrogens with two attached hydrogens (primary N) is 1. The predicted octanol–water partition coefficient (Wildman–Crippen LogP) is 5.04.